The minimum atomic E-state index is -4.32. The van der Waals surface area contributed by atoms with Crippen LogP contribution in [0.5, 0.6) is 0 Å². The van der Waals surface area contributed by atoms with E-state index in [1.807, 2.05) is 26.0 Å². The average molecular weight is 287 g/mol. The molecule has 0 amide bonds. The van der Waals surface area contributed by atoms with E-state index < -0.39 is 11.9 Å². The summed E-state index contributed by atoms with van der Waals surface area (Å²) in [6.07, 6.45) is -4.32. The summed E-state index contributed by atoms with van der Waals surface area (Å²) < 4.78 is 39.2. The van der Waals surface area contributed by atoms with Gasteiger partial charge in [0.15, 0.2) is 0 Å². The van der Waals surface area contributed by atoms with E-state index in [1.165, 1.54) is 22.1 Å². The molecule has 5 heteroatoms. The Morgan fingerprint density at radius 1 is 1.21 bits per heavy atom. The van der Waals surface area contributed by atoms with Gasteiger partial charge in [0.25, 0.3) is 0 Å². The molecule has 0 saturated carbocycles. The first-order valence-electron chi connectivity index (χ1n) is 6.13. The van der Waals surface area contributed by atoms with E-state index in [4.69, 9.17) is 0 Å². The molecule has 0 radical (unpaired) electrons. The van der Waals surface area contributed by atoms with E-state index in [9.17, 15) is 13.2 Å². The number of rotatable bonds is 2. The summed E-state index contributed by atoms with van der Waals surface area (Å²) in [5, 5.41) is 0.971. The largest absolute Gasteiger partial charge is 0.431 e. The van der Waals surface area contributed by atoms with Gasteiger partial charge in [0.2, 0.25) is 0 Å². The van der Waals surface area contributed by atoms with Gasteiger partial charge in [-0.2, -0.15) is 13.2 Å². The predicted molar refractivity (Wildman–Crippen MR) is 74.2 cm³/mol. The van der Waals surface area contributed by atoms with Crippen molar-refractivity contribution in [3.8, 4) is 0 Å². The Labute approximate surface area is 115 Å². The molecule has 0 aromatic heterocycles. The van der Waals surface area contributed by atoms with E-state index in [0.717, 1.165) is 5.56 Å². The third kappa shape index (κ3) is 2.76. The molecule has 1 aromatic rings. The lowest BCUT2D eigenvalue weighted by molar-refractivity contribution is -0.0929. The molecule has 0 N–H and O–H groups in total. The first-order valence-corrected chi connectivity index (χ1v) is 7.07. The van der Waals surface area contributed by atoms with Crippen molar-refractivity contribution in [2.75, 3.05) is 4.90 Å². The molecular weight excluding hydrogens is 271 g/mol. The van der Waals surface area contributed by atoms with Crippen LogP contribution in [0.15, 0.2) is 35.4 Å². The summed E-state index contributed by atoms with van der Waals surface area (Å²) in [5.41, 5.74) is 1.02. The second-order valence-corrected chi connectivity index (χ2v) is 6.01. The van der Waals surface area contributed by atoms with Crippen LogP contribution in [0.4, 0.5) is 18.9 Å². The number of para-hydroxylation sites is 1. The van der Waals surface area contributed by atoms with Crippen molar-refractivity contribution in [3.63, 3.8) is 0 Å². The number of anilines is 1. The van der Waals surface area contributed by atoms with Crippen LogP contribution in [0.25, 0.3) is 0 Å². The quantitative estimate of drug-likeness (QED) is 0.743. The Balaban J connectivity index is 2.48. The van der Waals surface area contributed by atoms with Crippen molar-refractivity contribution in [1.82, 2.24) is 0 Å². The van der Waals surface area contributed by atoms with Crippen LogP contribution in [0.2, 0.25) is 0 Å². The second-order valence-electron chi connectivity index (χ2n) is 4.82. The van der Waals surface area contributed by atoms with Gasteiger partial charge >= 0.3 is 6.18 Å². The number of nitrogens with zero attached hydrogens (tertiary/aromatic N) is 1. The fourth-order valence-electron chi connectivity index (χ4n) is 2.20. The Hall–Kier alpha value is -1.10. The number of thioether (sulfide) groups is 1. The highest BCUT2D eigenvalue weighted by molar-refractivity contribution is 8.03. The van der Waals surface area contributed by atoms with E-state index >= 15 is 0 Å². The minimum absolute atomic E-state index is 0.184. The normalized spacial score (nSPS) is 20.1. The molecule has 1 aliphatic heterocycles. The molecule has 104 valence electrons. The molecule has 1 unspecified atom stereocenters. The van der Waals surface area contributed by atoms with Crippen molar-refractivity contribution in [1.29, 1.82) is 0 Å². The van der Waals surface area contributed by atoms with Crippen LogP contribution in [0, 0.1) is 0 Å². The van der Waals surface area contributed by atoms with Gasteiger partial charge in [0.1, 0.15) is 5.70 Å². The maximum atomic E-state index is 13.1. The monoisotopic (exact) mass is 287 g/mol. The zero-order chi connectivity index (χ0) is 14.2. The molecule has 2 rings (SSSR count). The summed E-state index contributed by atoms with van der Waals surface area (Å²) in [6, 6.07) is 7.30. The summed E-state index contributed by atoms with van der Waals surface area (Å²) >= 11 is 1.20. The van der Waals surface area contributed by atoms with Gasteiger partial charge in [-0.05, 0) is 24.5 Å². The van der Waals surface area contributed by atoms with Crippen molar-refractivity contribution in [3.05, 3.63) is 40.9 Å². The molecule has 0 bridgehead atoms. The van der Waals surface area contributed by atoms with E-state index in [-0.39, 0.29) is 11.3 Å². The standard InChI is InChI=1S/C14H16F3NS/c1-9(2)11-6-4-5-7-12(11)18-10(3)19-8-13(18)14(15,16)17/h4-10H,1-3H3. The predicted octanol–water partition coefficient (Wildman–Crippen LogP) is 5.11. The topological polar surface area (TPSA) is 3.24 Å². The molecule has 0 fully saturated rings. The Kier molecular flexibility index (Phi) is 3.85. The number of hydrogen-bond donors (Lipinski definition) is 0. The fraction of sp³-hybridized carbons (Fsp3) is 0.429. The average Bonchev–Trinajstić information content (AvgIpc) is 2.70. The third-order valence-electron chi connectivity index (χ3n) is 3.11. The highest BCUT2D eigenvalue weighted by Gasteiger charge is 2.43. The molecule has 0 aliphatic carbocycles. The fourth-order valence-corrected chi connectivity index (χ4v) is 3.12. The number of allylic oxidation sites excluding steroid dienone is 1. The molecule has 0 spiro atoms. The van der Waals surface area contributed by atoms with Crippen molar-refractivity contribution in [2.24, 2.45) is 0 Å². The second kappa shape index (κ2) is 5.12. The Bertz CT molecular complexity index is 494. The number of halogens is 3. The zero-order valence-corrected chi connectivity index (χ0v) is 11.8. The van der Waals surface area contributed by atoms with Gasteiger partial charge in [0.05, 0.1) is 5.37 Å². The lowest BCUT2D eigenvalue weighted by Crippen LogP contribution is -2.33. The number of alkyl halides is 3. The number of benzene rings is 1. The maximum absolute atomic E-state index is 13.1. The molecule has 1 nitrogen and oxygen atoms in total. The van der Waals surface area contributed by atoms with E-state index in [1.54, 1.807) is 19.1 Å². The first-order chi connectivity index (χ1) is 8.82. The Morgan fingerprint density at radius 2 is 1.84 bits per heavy atom. The van der Waals surface area contributed by atoms with Gasteiger partial charge in [-0.3, -0.25) is 0 Å². The lowest BCUT2D eigenvalue weighted by Gasteiger charge is -2.30. The van der Waals surface area contributed by atoms with Crippen LogP contribution in [0.3, 0.4) is 0 Å². The van der Waals surface area contributed by atoms with Crippen LogP contribution in [0.1, 0.15) is 32.3 Å². The molecule has 1 aliphatic rings. The molecule has 0 saturated heterocycles. The SMILES string of the molecule is CC(C)c1ccccc1N1C(C(F)(F)F)=CSC1C. The van der Waals surface area contributed by atoms with Gasteiger partial charge in [-0.15, -0.1) is 11.8 Å². The molecule has 1 atom stereocenters. The van der Waals surface area contributed by atoms with Gasteiger partial charge < -0.3 is 4.90 Å². The molecule has 1 aromatic carbocycles. The maximum Gasteiger partial charge on any atom is 0.431 e. The smallest absolute Gasteiger partial charge is 0.324 e. The van der Waals surface area contributed by atoms with E-state index in [0.29, 0.717) is 5.69 Å². The van der Waals surface area contributed by atoms with Crippen molar-refractivity contribution < 1.29 is 13.2 Å². The van der Waals surface area contributed by atoms with Crippen LogP contribution >= 0.6 is 11.8 Å². The van der Waals surface area contributed by atoms with Gasteiger partial charge in [0, 0.05) is 11.1 Å². The Morgan fingerprint density at radius 3 is 2.42 bits per heavy atom. The zero-order valence-electron chi connectivity index (χ0n) is 11.0. The summed E-state index contributed by atoms with van der Waals surface area (Å²) in [5.74, 6) is 0.184. The number of hydrogen-bond acceptors (Lipinski definition) is 2. The molecule has 19 heavy (non-hydrogen) atoms. The third-order valence-corrected chi connectivity index (χ3v) is 4.07. The van der Waals surface area contributed by atoms with Crippen LogP contribution in [-0.2, 0) is 0 Å². The van der Waals surface area contributed by atoms with E-state index in [2.05, 4.69) is 0 Å². The highest BCUT2D eigenvalue weighted by Crippen LogP contribution is 2.44. The summed E-state index contributed by atoms with van der Waals surface area (Å²) in [7, 11) is 0. The van der Waals surface area contributed by atoms with Crippen LogP contribution in [-0.4, -0.2) is 11.6 Å². The minimum Gasteiger partial charge on any atom is -0.324 e. The molecule has 1 heterocycles. The first kappa shape index (κ1) is 14.3. The lowest BCUT2D eigenvalue weighted by atomic mass is 10.00. The summed E-state index contributed by atoms with van der Waals surface area (Å²) in [6.45, 7) is 5.77. The van der Waals surface area contributed by atoms with Crippen LogP contribution < -0.4 is 4.90 Å². The van der Waals surface area contributed by atoms with Gasteiger partial charge in [-0.1, -0.05) is 32.0 Å². The van der Waals surface area contributed by atoms with Crippen molar-refractivity contribution in [2.45, 2.75) is 38.2 Å². The molecular formula is C14H16F3NS. The highest BCUT2D eigenvalue weighted by atomic mass is 32.2. The summed E-state index contributed by atoms with van der Waals surface area (Å²) in [4.78, 5) is 1.39. The van der Waals surface area contributed by atoms with Crippen molar-refractivity contribution >= 4 is 17.4 Å². The van der Waals surface area contributed by atoms with Gasteiger partial charge in [-0.25, -0.2) is 0 Å².